The molecule has 1 unspecified atom stereocenters. The smallest absolute Gasteiger partial charge is 0.225 e. The van der Waals surface area contributed by atoms with Crippen LogP contribution >= 0.6 is 24.2 Å². The number of thioether (sulfide) groups is 1. The molecule has 1 aromatic rings. The Balaban J connectivity index is 0.00000288. The number of carbonyl (C=O) groups excluding carboxylic acids is 2. The number of rotatable bonds is 6. The van der Waals surface area contributed by atoms with E-state index in [1.54, 1.807) is 0 Å². The molecule has 7 heteroatoms. The molecule has 0 aromatic heterocycles. The van der Waals surface area contributed by atoms with Gasteiger partial charge < -0.3 is 16.0 Å². The van der Waals surface area contributed by atoms with Crippen LogP contribution in [0.1, 0.15) is 31.7 Å². The van der Waals surface area contributed by atoms with Crippen molar-refractivity contribution < 1.29 is 9.59 Å². The van der Waals surface area contributed by atoms with Crippen molar-refractivity contribution in [2.24, 2.45) is 0 Å². The van der Waals surface area contributed by atoms with E-state index in [1.165, 1.54) is 0 Å². The van der Waals surface area contributed by atoms with Crippen LogP contribution in [0.4, 0.5) is 11.4 Å². The molecule has 5 nitrogen and oxygen atoms in total. The number of benzene rings is 1. The summed E-state index contributed by atoms with van der Waals surface area (Å²) in [5, 5.41) is 9.23. The third kappa shape index (κ3) is 6.34. The van der Waals surface area contributed by atoms with Crippen LogP contribution in [-0.2, 0) is 9.59 Å². The zero-order chi connectivity index (χ0) is 16.7. The summed E-state index contributed by atoms with van der Waals surface area (Å²) in [6.07, 6.45) is 1.79. The lowest BCUT2D eigenvalue weighted by Crippen LogP contribution is -2.39. The van der Waals surface area contributed by atoms with Crippen LogP contribution < -0.4 is 16.0 Å². The highest BCUT2D eigenvalue weighted by molar-refractivity contribution is 7.99. The Morgan fingerprint density at radius 2 is 1.92 bits per heavy atom. The lowest BCUT2D eigenvalue weighted by atomic mass is 10.1. The number of hydrogen-bond acceptors (Lipinski definition) is 4. The Morgan fingerprint density at radius 1 is 1.25 bits per heavy atom. The Kier molecular flexibility index (Phi) is 9.18. The fraction of sp³-hybridized carbons (Fsp3) is 0.529. The lowest BCUT2D eigenvalue weighted by Gasteiger charge is -2.22. The first-order valence-electron chi connectivity index (χ1n) is 8.10. The summed E-state index contributed by atoms with van der Waals surface area (Å²) < 4.78 is 0. The van der Waals surface area contributed by atoms with Crippen molar-refractivity contribution in [1.82, 2.24) is 5.32 Å². The highest BCUT2D eigenvalue weighted by atomic mass is 35.5. The molecule has 1 fully saturated rings. The zero-order valence-electron chi connectivity index (χ0n) is 14.2. The van der Waals surface area contributed by atoms with E-state index in [0.717, 1.165) is 41.4 Å². The first-order chi connectivity index (χ1) is 11.1. The van der Waals surface area contributed by atoms with E-state index in [1.807, 2.05) is 43.8 Å². The molecule has 0 bridgehead atoms. The van der Waals surface area contributed by atoms with Crippen molar-refractivity contribution in [3.05, 3.63) is 23.8 Å². The van der Waals surface area contributed by atoms with Crippen LogP contribution in [0.5, 0.6) is 0 Å². The molecule has 0 spiro atoms. The second kappa shape index (κ2) is 10.6. The maximum absolute atomic E-state index is 12.2. The highest BCUT2D eigenvalue weighted by Crippen LogP contribution is 2.24. The fourth-order valence-corrected chi connectivity index (χ4v) is 3.47. The molecule has 0 radical (unpaired) electrons. The zero-order valence-corrected chi connectivity index (χ0v) is 15.8. The molecule has 1 aliphatic heterocycles. The molecule has 0 aliphatic carbocycles. The van der Waals surface area contributed by atoms with Crippen molar-refractivity contribution in [2.45, 2.75) is 39.2 Å². The van der Waals surface area contributed by atoms with Gasteiger partial charge in [-0.2, -0.15) is 11.8 Å². The highest BCUT2D eigenvalue weighted by Gasteiger charge is 2.17. The van der Waals surface area contributed by atoms with Gasteiger partial charge in [-0.1, -0.05) is 13.0 Å². The average molecular weight is 372 g/mol. The van der Waals surface area contributed by atoms with Crippen LogP contribution in [0.2, 0.25) is 0 Å². The van der Waals surface area contributed by atoms with E-state index in [4.69, 9.17) is 0 Å². The molecule has 0 saturated carbocycles. The average Bonchev–Trinajstić information content (AvgIpc) is 2.52. The summed E-state index contributed by atoms with van der Waals surface area (Å²) in [4.78, 5) is 24.0. The molecular formula is C17H26ClN3O2S. The molecule has 1 atom stereocenters. The summed E-state index contributed by atoms with van der Waals surface area (Å²) >= 11 is 1.88. The Morgan fingerprint density at radius 3 is 2.50 bits per heavy atom. The first kappa shape index (κ1) is 20.8. The predicted octanol–water partition coefficient (Wildman–Crippen LogP) is 3.19. The van der Waals surface area contributed by atoms with Gasteiger partial charge in [-0.15, -0.1) is 12.4 Å². The van der Waals surface area contributed by atoms with Gasteiger partial charge in [0.1, 0.15) is 0 Å². The van der Waals surface area contributed by atoms with Gasteiger partial charge in [0.15, 0.2) is 0 Å². The summed E-state index contributed by atoms with van der Waals surface area (Å²) in [7, 11) is 0. The van der Waals surface area contributed by atoms with E-state index in [-0.39, 0.29) is 30.3 Å². The van der Waals surface area contributed by atoms with Crippen LogP contribution in [0, 0.1) is 6.92 Å². The van der Waals surface area contributed by atoms with Crippen molar-refractivity contribution in [2.75, 3.05) is 28.7 Å². The van der Waals surface area contributed by atoms with E-state index in [0.29, 0.717) is 12.8 Å². The maximum atomic E-state index is 12.2. The van der Waals surface area contributed by atoms with Gasteiger partial charge in [-0.25, -0.2) is 0 Å². The standard InChI is InChI=1S/C17H25N3O2S.ClH/c1-3-5-16(21)19-14-6-4-7-15(12(14)2)20-17(22)10-13-11-23-9-8-18-13;/h4,6-7,13,18H,3,5,8-11H2,1-2H3,(H,19,21)(H,20,22);1H. The minimum atomic E-state index is 0. The normalized spacial score (nSPS) is 16.8. The molecule has 1 aromatic carbocycles. The molecule has 1 saturated heterocycles. The molecule has 1 heterocycles. The number of amides is 2. The maximum Gasteiger partial charge on any atom is 0.225 e. The molecule has 134 valence electrons. The predicted molar refractivity (Wildman–Crippen MR) is 104 cm³/mol. The molecule has 2 amide bonds. The van der Waals surface area contributed by atoms with Gasteiger partial charge in [0.05, 0.1) is 0 Å². The first-order valence-corrected chi connectivity index (χ1v) is 9.26. The number of carbonyl (C=O) groups is 2. The van der Waals surface area contributed by atoms with Crippen LogP contribution in [0.3, 0.4) is 0 Å². The third-order valence-corrected chi connectivity index (χ3v) is 4.92. The number of nitrogens with one attached hydrogen (secondary N) is 3. The topological polar surface area (TPSA) is 70.2 Å². The van der Waals surface area contributed by atoms with Gasteiger partial charge in [0.25, 0.3) is 0 Å². The van der Waals surface area contributed by atoms with E-state index in [2.05, 4.69) is 16.0 Å². The minimum Gasteiger partial charge on any atom is -0.326 e. The van der Waals surface area contributed by atoms with E-state index >= 15 is 0 Å². The lowest BCUT2D eigenvalue weighted by molar-refractivity contribution is -0.117. The Bertz CT molecular complexity index is 563. The molecule has 3 N–H and O–H groups in total. The number of anilines is 2. The second-order valence-electron chi connectivity index (χ2n) is 5.75. The SMILES string of the molecule is CCCC(=O)Nc1cccc(NC(=O)CC2CSCCN2)c1C.Cl. The summed E-state index contributed by atoms with van der Waals surface area (Å²) in [5.74, 6) is 2.09. The molecule has 2 rings (SSSR count). The van der Waals surface area contributed by atoms with Crippen molar-refractivity contribution in [1.29, 1.82) is 0 Å². The van der Waals surface area contributed by atoms with Gasteiger partial charge in [0, 0.05) is 48.3 Å². The van der Waals surface area contributed by atoms with E-state index in [9.17, 15) is 9.59 Å². The largest absolute Gasteiger partial charge is 0.326 e. The van der Waals surface area contributed by atoms with Crippen LogP contribution in [-0.4, -0.2) is 35.9 Å². The number of halogens is 1. The van der Waals surface area contributed by atoms with Crippen molar-refractivity contribution >= 4 is 47.4 Å². The second-order valence-corrected chi connectivity index (χ2v) is 6.90. The molecule has 24 heavy (non-hydrogen) atoms. The Hall–Kier alpha value is -1.24. The fourth-order valence-electron chi connectivity index (χ4n) is 2.52. The monoisotopic (exact) mass is 371 g/mol. The minimum absolute atomic E-state index is 0. The van der Waals surface area contributed by atoms with Gasteiger partial charge in [-0.3, -0.25) is 9.59 Å². The van der Waals surface area contributed by atoms with Gasteiger partial charge >= 0.3 is 0 Å². The van der Waals surface area contributed by atoms with Crippen molar-refractivity contribution in [3.8, 4) is 0 Å². The van der Waals surface area contributed by atoms with Crippen LogP contribution in [0.25, 0.3) is 0 Å². The third-order valence-electron chi connectivity index (χ3n) is 3.79. The van der Waals surface area contributed by atoms with Gasteiger partial charge in [0.2, 0.25) is 11.8 Å². The van der Waals surface area contributed by atoms with E-state index < -0.39 is 0 Å². The summed E-state index contributed by atoms with van der Waals surface area (Å²) in [6, 6.07) is 5.81. The molecule has 1 aliphatic rings. The van der Waals surface area contributed by atoms with Gasteiger partial charge in [-0.05, 0) is 31.0 Å². The quantitative estimate of drug-likeness (QED) is 0.718. The van der Waals surface area contributed by atoms with Crippen molar-refractivity contribution in [3.63, 3.8) is 0 Å². The van der Waals surface area contributed by atoms with Crippen LogP contribution in [0.15, 0.2) is 18.2 Å². The summed E-state index contributed by atoms with van der Waals surface area (Å²) in [5.41, 5.74) is 2.40. The number of hydrogen-bond donors (Lipinski definition) is 3. The Labute approximate surface area is 154 Å². The summed E-state index contributed by atoms with van der Waals surface area (Å²) in [6.45, 7) is 4.84. The molecular weight excluding hydrogens is 346 g/mol.